The Hall–Kier alpha value is -0.430. The number of hydrogen-bond donors (Lipinski definition) is 1. The summed E-state index contributed by atoms with van der Waals surface area (Å²) in [6.07, 6.45) is 0.986. The molecule has 0 amide bonds. The second-order valence-corrected chi connectivity index (χ2v) is 7.33. The maximum atomic E-state index is 11.9. The van der Waals surface area contributed by atoms with Gasteiger partial charge in [-0.2, -0.15) is 0 Å². The molecule has 0 spiro atoms. The minimum Gasteiger partial charge on any atom is -0.380 e. The van der Waals surface area contributed by atoms with Crippen molar-refractivity contribution in [2.75, 3.05) is 19.8 Å². The van der Waals surface area contributed by atoms with Gasteiger partial charge in [0, 0.05) is 17.6 Å². The molecule has 6 heteroatoms. The molecule has 0 heterocycles. The molecular weight excluding hydrogens is 330 g/mol. The van der Waals surface area contributed by atoms with Gasteiger partial charge in [-0.05, 0) is 36.6 Å². The van der Waals surface area contributed by atoms with Crippen LogP contribution in [0.25, 0.3) is 0 Å². The van der Waals surface area contributed by atoms with Crippen molar-refractivity contribution < 1.29 is 13.2 Å². The minimum absolute atomic E-state index is 0.262. The molecule has 0 radical (unpaired) electrons. The van der Waals surface area contributed by atoms with Crippen LogP contribution in [0.2, 0.25) is 0 Å². The number of halogens is 1. The zero-order valence-corrected chi connectivity index (χ0v) is 13.6. The molecule has 0 atom stereocenters. The zero-order chi connectivity index (χ0) is 14.3. The van der Waals surface area contributed by atoms with Gasteiger partial charge in [0.25, 0.3) is 0 Å². The Morgan fingerprint density at radius 1 is 1.21 bits per heavy atom. The second-order valence-electron chi connectivity index (χ2n) is 4.65. The summed E-state index contributed by atoms with van der Waals surface area (Å²) in [5, 5.41) is 0. The Kier molecular flexibility index (Phi) is 6.99. The molecule has 1 aromatic carbocycles. The van der Waals surface area contributed by atoms with Crippen molar-refractivity contribution in [2.24, 2.45) is 5.92 Å². The summed E-state index contributed by atoms with van der Waals surface area (Å²) in [6, 6.07) is 6.53. The summed E-state index contributed by atoms with van der Waals surface area (Å²) in [4.78, 5) is 0.262. The smallest absolute Gasteiger partial charge is 0.240 e. The molecule has 0 aliphatic carbocycles. The molecule has 108 valence electrons. The fourth-order valence-electron chi connectivity index (χ4n) is 1.37. The Morgan fingerprint density at radius 3 is 2.42 bits per heavy atom. The molecule has 0 aromatic heterocycles. The van der Waals surface area contributed by atoms with Gasteiger partial charge >= 0.3 is 0 Å². The summed E-state index contributed by atoms with van der Waals surface area (Å²) < 4.78 is 32.5. The van der Waals surface area contributed by atoms with Crippen molar-refractivity contribution >= 4 is 26.0 Å². The predicted molar refractivity (Wildman–Crippen MR) is 79.6 cm³/mol. The number of hydrogen-bond acceptors (Lipinski definition) is 3. The molecule has 0 aliphatic heterocycles. The maximum Gasteiger partial charge on any atom is 0.240 e. The topological polar surface area (TPSA) is 55.4 Å². The fraction of sp³-hybridized carbons (Fsp3) is 0.538. The number of nitrogens with one attached hydrogen (secondary N) is 1. The van der Waals surface area contributed by atoms with Gasteiger partial charge in [-0.3, -0.25) is 0 Å². The molecule has 0 saturated carbocycles. The van der Waals surface area contributed by atoms with E-state index in [0.29, 0.717) is 19.1 Å². The van der Waals surface area contributed by atoms with Gasteiger partial charge in [-0.25, -0.2) is 13.1 Å². The monoisotopic (exact) mass is 349 g/mol. The molecule has 0 unspecified atom stereocenters. The lowest BCUT2D eigenvalue weighted by Gasteiger charge is -2.08. The standard InChI is InChI=1S/C13H20BrNO3S/c1-11(2)7-9-18-10-8-15-19(16,17)13-5-3-12(14)4-6-13/h3-6,11,15H,7-10H2,1-2H3. The van der Waals surface area contributed by atoms with Crippen LogP contribution in [-0.4, -0.2) is 28.2 Å². The molecule has 0 saturated heterocycles. The maximum absolute atomic E-state index is 11.9. The van der Waals surface area contributed by atoms with E-state index < -0.39 is 10.0 Å². The average Bonchev–Trinajstić information content (AvgIpc) is 2.34. The van der Waals surface area contributed by atoms with Crippen molar-refractivity contribution in [3.63, 3.8) is 0 Å². The van der Waals surface area contributed by atoms with E-state index in [2.05, 4.69) is 34.5 Å². The highest BCUT2D eigenvalue weighted by Gasteiger charge is 2.12. The van der Waals surface area contributed by atoms with Crippen LogP contribution in [0.1, 0.15) is 20.3 Å². The van der Waals surface area contributed by atoms with Gasteiger partial charge in [-0.1, -0.05) is 29.8 Å². The first-order valence-electron chi connectivity index (χ1n) is 6.25. The molecule has 0 fully saturated rings. The largest absolute Gasteiger partial charge is 0.380 e. The molecule has 4 nitrogen and oxygen atoms in total. The van der Waals surface area contributed by atoms with Crippen molar-refractivity contribution in [3.05, 3.63) is 28.7 Å². The van der Waals surface area contributed by atoms with Crippen molar-refractivity contribution in [2.45, 2.75) is 25.2 Å². The van der Waals surface area contributed by atoms with Gasteiger partial charge < -0.3 is 4.74 Å². The Balaban J connectivity index is 2.33. The molecular formula is C13H20BrNO3S. The van der Waals surface area contributed by atoms with Crippen LogP contribution in [0.4, 0.5) is 0 Å². The lowest BCUT2D eigenvalue weighted by Crippen LogP contribution is -2.27. The van der Waals surface area contributed by atoms with E-state index in [0.717, 1.165) is 10.9 Å². The Morgan fingerprint density at radius 2 is 1.84 bits per heavy atom. The summed E-state index contributed by atoms with van der Waals surface area (Å²) in [6.45, 7) is 5.59. The van der Waals surface area contributed by atoms with Crippen LogP contribution in [0.15, 0.2) is 33.6 Å². The zero-order valence-electron chi connectivity index (χ0n) is 11.2. The van der Waals surface area contributed by atoms with Crippen molar-refractivity contribution in [1.29, 1.82) is 0 Å². The normalized spacial score (nSPS) is 12.0. The summed E-state index contributed by atoms with van der Waals surface area (Å²) in [5.41, 5.74) is 0. The van der Waals surface area contributed by atoms with Gasteiger partial charge in [0.05, 0.1) is 11.5 Å². The second kappa shape index (κ2) is 7.99. The van der Waals surface area contributed by atoms with Gasteiger partial charge in [0.15, 0.2) is 0 Å². The molecule has 1 rings (SSSR count). The van der Waals surface area contributed by atoms with E-state index in [-0.39, 0.29) is 11.4 Å². The number of benzene rings is 1. The first kappa shape index (κ1) is 16.6. The van der Waals surface area contributed by atoms with E-state index in [1.54, 1.807) is 24.3 Å². The first-order valence-corrected chi connectivity index (χ1v) is 8.52. The van der Waals surface area contributed by atoms with E-state index in [9.17, 15) is 8.42 Å². The molecule has 0 bridgehead atoms. The highest BCUT2D eigenvalue weighted by atomic mass is 79.9. The fourth-order valence-corrected chi connectivity index (χ4v) is 2.64. The third-order valence-electron chi connectivity index (χ3n) is 2.50. The summed E-state index contributed by atoms with van der Waals surface area (Å²) in [7, 11) is -3.43. The first-order chi connectivity index (χ1) is 8.92. The lowest BCUT2D eigenvalue weighted by atomic mass is 10.1. The number of sulfonamides is 1. The molecule has 1 aromatic rings. The predicted octanol–water partition coefficient (Wildman–Crippen LogP) is 2.79. The summed E-state index contributed by atoms with van der Waals surface area (Å²) >= 11 is 3.27. The number of rotatable bonds is 8. The Bertz CT molecular complexity index is 471. The van der Waals surface area contributed by atoms with E-state index in [1.165, 1.54) is 0 Å². The van der Waals surface area contributed by atoms with E-state index >= 15 is 0 Å². The highest BCUT2D eigenvalue weighted by Crippen LogP contribution is 2.14. The quantitative estimate of drug-likeness (QED) is 0.734. The van der Waals surface area contributed by atoms with Crippen LogP contribution in [0.5, 0.6) is 0 Å². The van der Waals surface area contributed by atoms with E-state index in [1.807, 2.05) is 0 Å². The SMILES string of the molecule is CC(C)CCOCCNS(=O)(=O)c1ccc(Br)cc1. The third kappa shape index (κ3) is 6.51. The third-order valence-corrected chi connectivity index (χ3v) is 4.51. The van der Waals surface area contributed by atoms with Gasteiger partial charge in [0.2, 0.25) is 10.0 Å². The highest BCUT2D eigenvalue weighted by molar-refractivity contribution is 9.10. The average molecular weight is 350 g/mol. The van der Waals surface area contributed by atoms with Crippen LogP contribution >= 0.6 is 15.9 Å². The minimum atomic E-state index is -3.43. The lowest BCUT2D eigenvalue weighted by molar-refractivity contribution is 0.128. The van der Waals surface area contributed by atoms with Crippen molar-refractivity contribution in [1.82, 2.24) is 4.72 Å². The van der Waals surface area contributed by atoms with Crippen LogP contribution < -0.4 is 4.72 Å². The van der Waals surface area contributed by atoms with Crippen LogP contribution in [0, 0.1) is 5.92 Å². The van der Waals surface area contributed by atoms with Crippen LogP contribution in [-0.2, 0) is 14.8 Å². The van der Waals surface area contributed by atoms with E-state index in [4.69, 9.17) is 4.74 Å². The molecule has 1 N–H and O–H groups in total. The molecule has 19 heavy (non-hydrogen) atoms. The molecule has 0 aliphatic rings. The van der Waals surface area contributed by atoms with Gasteiger partial charge in [0.1, 0.15) is 0 Å². The summed E-state index contributed by atoms with van der Waals surface area (Å²) in [5.74, 6) is 0.597. The Labute approximate surface area is 123 Å². The number of ether oxygens (including phenoxy) is 1. The van der Waals surface area contributed by atoms with Gasteiger partial charge in [-0.15, -0.1) is 0 Å². The van der Waals surface area contributed by atoms with Crippen molar-refractivity contribution in [3.8, 4) is 0 Å². The van der Waals surface area contributed by atoms with Crippen LogP contribution in [0.3, 0.4) is 0 Å².